The van der Waals surface area contributed by atoms with Crippen LogP contribution in [0, 0.1) is 0 Å². The number of hydrogen-bond acceptors (Lipinski definition) is 5. The molecule has 5 nitrogen and oxygen atoms in total. The van der Waals surface area contributed by atoms with Gasteiger partial charge in [0.05, 0.1) is 0 Å². The molecule has 80 valence electrons. The molecule has 14 heavy (non-hydrogen) atoms. The summed E-state index contributed by atoms with van der Waals surface area (Å²) in [6, 6.07) is 0. The molecule has 0 radical (unpaired) electrons. The number of aliphatic hydroxyl groups is 1. The van der Waals surface area contributed by atoms with Crippen molar-refractivity contribution in [3.05, 3.63) is 0 Å². The van der Waals surface area contributed by atoms with Gasteiger partial charge in [-0.05, 0) is 20.8 Å². The first-order valence-corrected chi connectivity index (χ1v) is 4.58. The fraction of sp³-hybridized carbons (Fsp3) is 0.889. The molecule has 2 aliphatic rings. The van der Waals surface area contributed by atoms with E-state index in [0.717, 1.165) is 0 Å². The Morgan fingerprint density at radius 1 is 1.43 bits per heavy atom. The zero-order chi connectivity index (χ0) is 10.6. The molecule has 2 fully saturated rings. The number of esters is 1. The molecule has 2 heterocycles. The first-order valence-electron chi connectivity index (χ1n) is 4.58. The van der Waals surface area contributed by atoms with Gasteiger partial charge in [0.2, 0.25) is 0 Å². The lowest BCUT2D eigenvalue weighted by atomic mass is 9.93. The monoisotopic (exact) mass is 202 g/mol. The van der Waals surface area contributed by atoms with Crippen molar-refractivity contribution in [2.24, 2.45) is 0 Å². The van der Waals surface area contributed by atoms with Crippen LogP contribution in [0.1, 0.15) is 20.8 Å². The van der Waals surface area contributed by atoms with Crippen LogP contribution in [0.4, 0.5) is 0 Å². The van der Waals surface area contributed by atoms with Gasteiger partial charge in [0.1, 0.15) is 18.8 Å². The summed E-state index contributed by atoms with van der Waals surface area (Å²) in [7, 11) is 0. The third-order valence-electron chi connectivity index (χ3n) is 2.55. The third-order valence-corrected chi connectivity index (χ3v) is 2.55. The Morgan fingerprint density at radius 2 is 2.07 bits per heavy atom. The van der Waals surface area contributed by atoms with E-state index in [-0.39, 0.29) is 6.61 Å². The maximum absolute atomic E-state index is 11.5. The van der Waals surface area contributed by atoms with Gasteiger partial charge < -0.3 is 19.3 Å². The van der Waals surface area contributed by atoms with Crippen molar-refractivity contribution in [1.29, 1.82) is 0 Å². The van der Waals surface area contributed by atoms with Gasteiger partial charge in [0, 0.05) is 0 Å². The molecule has 1 N–H and O–H groups in total. The molecule has 0 aromatic heterocycles. The first kappa shape index (κ1) is 9.89. The summed E-state index contributed by atoms with van der Waals surface area (Å²) in [4.78, 5) is 11.5. The summed E-state index contributed by atoms with van der Waals surface area (Å²) in [5.41, 5.74) is -1.18. The second kappa shape index (κ2) is 2.68. The van der Waals surface area contributed by atoms with E-state index < -0.39 is 29.6 Å². The Kier molecular flexibility index (Phi) is 1.90. The predicted molar refractivity (Wildman–Crippen MR) is 45.4 cm³/mol. The van der Waals surface area contributed by atoms with Crippen molar-refractivity contribution in [2.75, 3.05) is 6.61 Å². The molecule has 0 spiro atoms. The molecule has 3 atom stereocenters. The molecule has 0 aliphatic carbocycles. The van der Waals surface area contributed by atoms with E-state index in [4.69, 9.17) is 14.2 Å². The summed E-state index contributed by atoms with van der Waals surface area (Å²) in [6.07, 6.45) is -1.46. The molecular formula is C9H14O5. The Morgan fingerprint density at radius 3 is 2.64 bits per heavy atom. The van der Waals surface area contributed by atoms with Crippen molar-refractivity contribution in [2.45, 2.75) is 44.4 Å². The van der Waals surface area contributed by atoms with Gasteiger partial charge in [-0.1, -0.05) is 0 Å². The number of hydrogen-bond donors (Lipinski definition) is 1. The van der Waals surface area contributed by atoms with Gasteiger partial charge in [-0.2, -0.15) is 0 Å². The van der Waals surface area contributed by atoms with Crippen LogP contribution in [0.3, 0.4) is 0 Å². The number of fused-ring (bicyclic) bond motifs is 1. The largest absolute Gasteiger partial charge is 0.461 e. The molecule has 2 rings (SSSR count). The highest BCUT2D eigenvalue weighted by molar-refractivity contribution is 5.81. The predicted octanol–water partition coefficient (Wildman–Crippen LogP) is -0.186. The van der Waals surface area contributed by atoms with Gasteiger partial charge in [-0.3, -0.25) is 0 Å². The van der Waals surface area contributed by atoms with Crippen LogP contribution in [0.2, 0.25) is 0 Å². The molecule has 0 unspecified atom stereocenters. The highest BCUT2D eigenvalue weighted by Crippen LogP contribution is 2.40. The van der Waals surface area contributed by atoms with Crippen LogP contribution in [0.15, 0.2) is 0 Å². The fourth-order valence-electron chi connectivity index (χ4n) is 2.01. The van der Waals surface area contributed by atoms with E-state index in [1.807, 2.05) is 0 Å². The Hall–Kier alpha value is -0.650. The number of carbonyl (C=O) groups is 1. The second-order valence-electron chi connectivity index (χ2n) is 4.31. The standard InChI is InChI=1S/C9H14O5/c1-8(2)13-6-5(10)4-12-7(11)9(6,3)14-8/h5-6,10H,4H2,1-3H3/t5-,6-,9-/m1/s1. The highest BCUT2D eigenvalue weighted by atomic mass is 16.8. The second-order valence-corrected chi connectivity index (χ2v) is 4.31. The van der Waals surface area contributed by atoms with Crippen molar-refractivity contribution >= 4 is 5.97 Å². The van der Waals surface area contributed by atoms with E-state index in [0.29, 0.717) is 0 Å². The normalized spacial score (nSPS) is 45.9. The van der Waals surface area contributed by atoms with Crippen LogP contribution in [0.25, 0.3) is 0 Å². The van der Waals surface area contributed by atoms with Crippen molar-refractivity contribution < 1.29 is 24.1 Å². The van der Waals surface area contributed by atoms with Gasteiger partial charge in [-0.15, -0.1) is 0 Å². The fourth-order valence-corrected chi connectivity index (χ4v) is 2.01. The van der Waals surface area contributed by atoms with Crippen molar-refractivity contribution in [1.82, 2.24) is 0 Å². The molecule has 2 aliphatic heterocycles. The van der Waals surface area contributed by atoms with E-state index in [1.165, 1.54) is 0 Å². The number of aliphatic hydroxyl groups excluding tert-OH is 1. The summed E-state index contributed by atoms with van der Waals surface area (Å²) in [5.74, 6) is -1.33. The molecule has 0 saturated carbocycles. The topological polar surface area (TPSA) is 65.0 Å². The molecule has 0 bridgehead atoms. The van der Waals surface area contributed by atoms with Crippen LogP contribution in [0.5, 0.6) is 0 Å². The molecule has 2 saturated heterocycles. The lowest BCUT2D eigenvalue weighted by Gasteiger charge is -2.33. The average Bonchev–Trinajstić information content (AvgIpc) is 2.31. The minimum absolute atomic E-state index is 0.0292. The van der Waals surface area contributed by atoms with Crippen molar-refractivity contribution in [3.8, 4) is 0 Å². The smallest absolute Gasteiger partial charge is 0.341 e. The lowest BCUT2D eigenvalue weighted by molar-refractivity contribution is -0.191. The van der Waals surface area contributed by atoms with Gasteiger partial charge >= 0.3 is 5.97 Å². The number of rotatable bonds is 0. The third kappa shape index (κ3) is 1.24. The zero-order valence-electron chi connectivity index (χ0n) is 8.44. The summed E-state index contributed by atoms with van der Waals surface area (Å²) < 4.78 is 15.7. The Bertz CT molecular complexity index is 274. The van der Waals surface area contributed by atoms with Gasteiger partial charge in [0.15, 0.2) is 11.4 Å². The molecule has 0 aromatic rings. The molecule has 5 heteroatoms. The Labute approximate surface area is 81.9 Å². The zero-order valence-corrected chi connectivity index (χ0v) is 8.44. The van der Waals surface area contributed by atoms with Crippen LogP contribution >= 0.6 is 0 Å². The van der Waals surface area contributed by atoms with Crippen LogP contribution in [-0.4, -0.2) is 41.3 Å². The Balaban J connectivity index is 2.33. The van der Waals surface area contributed by atoms with Crippen LogP contribution in [-0.2, 0) is 19.0 Å². The van der Waals surface area contributed by atoms with E-state index in [9.17, 15) is 9.90 Å². The SMILES string of the molecule is CC1(C)O[C@@H]2[C@H](O)COC(=O)[C@]2(C)O1. The van der Waals surface area contributed by atoms with Gasteiger partial charge in [0.25, 0.3) is 0 Å². The highest BCUT2D eigenvalue weighted by Gasteiger charge is 2.61. The van der Waals surface area contributed by atoms with Crippen molar-refractivity contribution in [3.63, 3.8) is 0 Å². The van der Waals surface area contributed by atoms with Gasteiger partial charge in [-0.25, -0.2) is 4.79 Å². The van der Waals surface area contributed by atoms with E-state index in [1.54, 1.807) is 20.8 Å². The molecule has 0 amide bonds. The number of ether oxygens (including phenoxy) is 3. The lowest BCUT2D eigenvalue weighted by Crippen LogP contribution is -2.57. The quantitative estimate of drug-likeness (QED) is 0.552. The minimum atomic E-state index is -1.18. The first-order chi connectivity index (χ1) is 6.35. The van der Waals surface area contributed by atoms with E-state index in [2.05, 4.69) is 0 Å². The number of carbonyl (C=O) groups excluding carboxylic acids is 1. The summed E-state index contributed by atoms with van der Waals surface area (Å²) in [5, 5.41) is 9.61. The summed E-state index contributed by atoms with van der Waals surface area (Å²) >= 11 is 0. The summed E-state index contributed by atoms with van der Waals surface area (Å²) in [6.45, 7) is 4.96. The van der Waals surface area contributed by atoms with E-state index >= 15 is 0 Å². The van der Waals surface area contributed by atoms with Crippen LogP contribution < -0.4 is 0 Å². The molecular weight excluding hydrogens is 188 g/mol. The maximum atomic E-state index is 11.5. The molecule has 0 aromatic carbocycles. The average molecular weight is 202 g/mol. The maximum Gasteiger partial charge on any atom is 0.341 e. The number of cyclic esters (lactones) is 1. The minimum Gasteiger partial charge on any atom is -0.461 e.